The van der Waals surface area contributed by atoms with E-state index in [0.29, 0.717) is 0 Å². The molecule has 1 aromatic rings. The van der Waals surface area contributed by atoms with Crippen LogP contribution in [0.25, 0.3) is 0 Å². The van der Waals surface area contributed by atoms with Crippen LogP contribution in [0.4, 0.5) is 0 Å². The summed E-state index contributed by atoms with van der Waals surface area (Å²) in [5.74, 6) is 0.986. The molecule has 1 aromatic carbocycles. The largest absolute Gasteiger partial charge is 0.349 e. The van der Waals surface area contributed by atoms with Gasteiger partial charge in [-0.1, -0.05) is 45.0 Å². The molecular weight excluding hydrogens is 361 g/mol. The smallest absolute Gasteiger partial charge is 0.195 e. The molecule has 0 atom stereocenters. The van der Waals surface area contributed by atoms with Crippen molar-refractivity contribution >= 4 is 29.9 Å². The Morgan fingerprint density at radius 1 is 0.950 bits per heavy atom. The van der Waals surface area contributed by atoms with Crippen molar-refractivity contribution in [3.8, 4) is 0 Å². The van der Waals surface area contributed by atoms with Gasteiger partial charge in [-0.15, -0.1) is 24.0 Å². The number of hydrogen-bond donors (Lipinski definition) is 0. The minimum atomic E-state index is 0. The quantitative estimate of drug-likeness (QED) is 0.438. The fourth-order valence-corrected chi connectivity index (χ4v) is 1.95. The number of hydrogen-bond acceptors (Lipinski definition) is 1. The molecule has 0 saturated heterocycles. The van der Waals surface area contributed by atoms with Gasteiger partial charge < -0.3 is 9.80 Å². The maximum Gasteiger partial charge on any atom is 0.195 e. The molecule has 20 heavy (non-hydrogen) atoms. The van der Waals surface area contributed by atoms with Crippen molar-refractivity contribution in [3.63, 3.8) is 0 Å². The number of nitrogens with zero attached hydrogens (tertiary/aromatic N) is 3. The molecule has 0 aliphatic rings. The van der Waals surface area contributed by atoms with Gasteiger partial charge in [0.15, 0.2) is 5.96 Å². The van der Waals surface area contributed by atoms with Crippen molar-refractivity contribution < 1.29 is 0 Å². The Morgan fingerprint density at radius 3 is 1.75 bits per heavy atom. The lowest BCUT2D eigenvalue weighted by Crippen LogP contribution is -2.35. The van der Waals surface area contributed by atoms with E-state index in [-0.39, 0.29) is 29.4 Å². The van der Waals surface area contributed by atoms with Gasteiger partial charge in [-0.2, -0.15) is 0 Å². The van der Waals surface area contributed by atoms with Crippen molar-refractivity contribution in [1.82, 2.24) is 9.80 Å². The third kappa shape index (κ3) is 5.69. The number of halogens is 1. The lowest BCUT2D eigenvalue weighted by atomic mass is 9.87. The molecule has 0 aliphatic carbocycles. The van der Waals surface area contributed by atoms with E-state index >= 15 is 0 Å². The van der Waals surface area contributed by atoms with Crippen LogP contribution in [0.1, 0.15) is 31.9 Å². The Balaban J connectivity index is 0.00000361. The Kier molecular flexibility index (Phi) is 7.55. The zero-order valence-corrected chi connectivity index (χ0v) is 16.1. The highest BCUT2D eigenvalue weighted by atomic mass is 127. The second-order valence-corrected chi connectivity index (χ2v) is 6.35. The first kappa shape index (κ1) is 19.2. The standard InChI is InChI=1S/C16H27N3.HI/c1-16(2,3)14-10-8-13(9-11-14)12-17-15(18(4)5)19(6)7;/h8-11H,12H2,1-7H3;1H. The molecule has 0 heterocycles. The average Bonchev–Trinajstić information content (AvgIpc) is 2.27. The highest BCUT2D eigenvalue weighted by Gasteiger charge is 2.12. The van der Waals surface area contributed by atoms with Crippen LogP contribution in [0.5, 0.6) is 0 Å². The van der Waals surface area contributed by atoms with E-state index in [4.69, 9.17) is 0 Å². The minimum absolute atomic E-state index is 0. The maximum absolute atomic E-state index is 4.65. The Morgan fingerprint density at radius 2 is 1.40 bits per heavy atom. The van der Waals surface area contributed by atoms with Crippen LogP contribution in [0.3, 0.4) is 0 Å². The van der Waals surface area contributed by atoms with E-state index in [1.54, 1.807) is 0 Å². The summed E-state index contributed by atoms with van der Waals surface area (Å²) < 4.78 is 0. The van der Waals surface area contributed by atoms with E-state index in [1.807, 2.05) is 38.0 Å². The Hall–Kier alpha value is -0.780. The van der Waals surface area contributed by atoms with Crippen LogP contribution < -0.4 is 0 Å². The van der Waals surface area contributed by atoms with Gasteiger partial charge in [0.05, 0.1) is 6.54 Å². The van der Waals surface area contributed by atoms with Crippen molar-refractivity contribution in [1.29, 1.82) is 0 Å². The van der Waals surface area contributed by atoms with Gasteiger partial charge in [0.1, 0.15) is 0 Å². The third-order valence-corrected chi connectivity index (χ3v) is 3.02. The van der Waals surface area contributed by atoms with Crippen LogP contribution in [0.15, 0.2) is 29.3 Å². The SMILES string of the molecule is CN(C)C(=NCc1ccc(C(C)(C)C)cc1)N(C)C.I. The van der Waals surface area contributed by atoms with Gasteiger partial charge in [-0.25, -0.2) is 4.99 Å². The maximum atomic E-state index is 4.65. The molecule has 0 aromatic heterocycles. The summed E-state index contributed by atoms with van der Waals surface area (Å²) in [5, 5.41) is 0. The molecule has 114 valence electrons. The van der Waals surface area contributed by atoms with Gasteiger partial charge in [-0.05, 0) is 16.5 Å². The molecule has 4 heteroatoms. The Labute approximate surface area is 141 Å². The molecule has 0 fully saturated rings. The lowest BCUT2D eigenvalue weighted by Gasteiger charge is -2.22. The zero-order valence-electron chi connectivity index (χ0n) is 13.8. The molecule has 0 spiro atoms. The molecule has 0 N–H and O–H groups in total. The van der Waals surface area contributed by atoms with Crippen LogP contribution in [0, 0.1) is 0 Å². The molecule has 0 aliphatic heterocycles. The van der Waals surface area contributed by atoms with Gasteiger partial charge in [0.25, 0.3) is 0 Å². The second-order valence-electron chi connectivity index (χ2n) is 6.35. The van der Waals surface area contributed by atoms with Crippen molar-refractivity contribution in [2.24, 2.45) is 4.99 Å². The molecule has 0 amide bonds. The summed E-state index contributed by atoms with van der Waals surface area (Å²) in [7, 11) is 8.06. The van der Waals surface area contributed by atoms with Gasteiger partial charge >= 0.3 is 0 Å². The molecule has 1 rings (SSSR count). The van der Waals surface area contributed by atoms with E-state index in [1.165, 1.54) is 11.1 Å². The van der Waals surface area contributed by atoms with Crippen molar-refractivity contribution in [3.05, 3.63) is 35.4 Å². The highest BCUT2D eigenvalue weighted by Crippen LogP contribution is 2.22. The average molecular weight is 389 g/mol. The van der Waals surface area contributed by atoms with E-state index in [0.717, 1.165) is 12.5 Å². The number of aliphatic imine (C=N–C) groups is 1. The summed E-state index contributed by atoms with van der Waals surface area (Å²) >= 11 is 0. The summed E-state index contributed by atoms with van der Waals surface area (Å²) in [6, 6.07) is 8.76. The Bertz CT molecular complexity index is 418. The van der Waals surface area contributed by atoms with Gasteiger partial charge in [0.2, 0.25) is 0 Å². The lowest BCUT2D eigenvalue weighted by molar-refractivity contribution is 0.479. The summed E-state index contributed by atoms with van der Waals surface area (Å²) in [4.78, 5) is 8.72. The number of rotatable bonds is 2. The normalized spacial score (nSPS) is 10.6. The summed E-state index contributed by atoms with van der Waals surface area (Å²) in [6.45, 7) is 7.42. The predicted molar refractivity (Wildman–Crippen MR) is 99.1 cm³/mol. The van der Waals surface area contributed by atoms with Gasteiger partial charge in [-0.3, -0.25) is 0 Å². The molecule has 0 bridgehead atoms. The third-order valence-electron chi connectivity index (χ3n) is 3.02. The van der Waals surface area contributed by atoms with E-state index < -0.39 is 0 Å². The minimum Gasteiger partial charge on any atom is -0.349 e. The number of benzene rings is 1. The van der Waals surface area contributed by atoms with E-state index in [9.17, 15) is 0 Å². The monoisotopic (exact) mass is 389 g/mol. The fraction of sp³-hybridized carbons (Fsp3) is 0.562. The van der Waals surface area contributed by atoms with Crippen LogP contribution >= 0.6 is 24.0 Å². The predicted octanol–water partition coefficient (Wildman–Crippen LogP) is 3.58. The first-order valence-corrected chi connectivity index (χ1v) is 6.70. The van der Waals surface area contributed by atoms with E-state index in [2.05, 4.69) is 50.0 Å². The van der Waals surface area contributed by atoms with Crippen LogP contribution in [0.2, 0.25) is 0 Å². The molecule has 0 saturated carbocycles. The molecule has 0 unspecified atom stereocenters. The molecular formula is C16H28IN3. The van der Waals surface area contributed by atoms with Crippen molar-refractivity contribution in [2.45, 2.75) is 32.7 Å². The zero-order chi connectivity index (χ0) is 14.6. The number of guanidine groups is 1. The van der Waals surface area contributed by atoms with Crippen LogP contribution in [-0.2, 0) is 12.0 Å². The molecule has 0 radical (unpaired) electrons. The summed E-state index contributed by atoms with van der Waals surface area (Å²) in [5.41, 5.74) is 2.81. The fourth-order valence-electron chi connectivity index (χ4n) is 1.95. The van der Waals surface area contributed by atoms with Crippen LogP contribution in [-0.4, -0.2) is 44.0 Å². The topological polar surface area (TPSA) is 18.8 Å². The van der Waals surface area contributed by atoms with Gasteiger partial charge in [0, 0.05) is 28.2 Å². The first-order valence-electron chi connectivity index (χ1n) is 6.70. The highest BCUT2D eigenvalue weighted by molar-refractivity contribution is 14.0. The first-order chi connectivity index (χ1) is 8.71. The second kappa shape index (κ2) is 7.86. The van der Waals surface area contributed by atoms with Crippen molar-refractivity contribution in [2.75, 3.05) is 28.2 Å². The summed E-state index contributed by atoms with van der Waals surface area (Å²) in [6.07, 6.45) is 0. The molecule has 3 nitrogen and oxygen atoms in total.